The summed E-state index contributed by atoms with van der Waals surface area (Å²) in [6.45, 7) is 6.68. The molecule has 5 heteroatoms. The van der Waals surface area contributed by atoms with Gasteiger partial charge in [0.05, 0.1) is 5.69 Å². The zero-order chi connectivity index (χ0) is 14.8. The van der Waals surface area contributed by atoms with Crippen LogP contribution in [0.25, 0.3) is 0 Å². The fourth-order valence-corrected chi connectivity index (χ4v) is 3.77. The Labute approximate surface area is 122 Å². The molecular weight excluding hydrogens is 272 g/mol. The number of nitrogens with one attached hydrogen (secondary N) is 2. The second kappa shape index (κ2) is 5.74. The van der Waals surface area contributed by atoms with Crippen LogP contribution in [0.15, 0.2) is 29.2 Å². The predicted molar refractivity (Wildman–Crippen MR) is 82.3 cm³/mol. The maximum Gasteiger partial charge on any atom is 0.242 e. The van der Waals surface area contributed by atoms with E-state index in [9.17, 15) is 8.42 Å². The molecule has 0 aromatic heterocycles. The molecule has 112 valence electrons. The Hall–Kier alpha value is -1.07. The number of hydrogen-bond donors (Lipinski definition) is 2. The highest BCUT2D eigenvalue weighted by Crippen LogP contribution is 2.48. The fraction of sp³-hybridized carbons (Fsp3) is 0.600. The third-order valence-electron chi connectivity index (χ3n) is 3.93. The van der Waals surface area contributed by atoms with Crippen LogP contribution in [0.5, 0.6) is 0 Å². The number of para-hydroxylation sites is 1. The Kier molecular flexibility index (Phi) is 4.39. The number of hydrogen-bond acceptors (Lipinski definition) is 3. The van der Waals surface area contributed by atoms with Crippen LogP contribution < -0.4 is 10.0 Å². The summed E-state index contributed by atoms with van der Waals surface area (Å²) in [5.41, 5.74) is 1.07. The molecule has 0 radical (unpaired) electrons. The molecule has 2 rings (SSSR count). The van der Waals surface area contributed by atoms with E-state index in [1.165, 1.54) is 12.8 Å². The summed E-state index contributed by atoms with van der Waals surface area (Å²) in [6, 6.07) is 6.99. The van der Waals surface area contributed by atoms with Gasteiger partial charge in [0, 0.05) is 12.6 Å². The van der Waals surface area contributed by atoms with Crippen molar-refractivity contribution in [1.82, 2.24) is 4.72 Å². The molecule has 1 aromatic rings. The van der Waals surface area contributed by atoms with Crippen LogP contribution in [-0.2, 0) is 10.0 Å². The molecule has 1 aliphatic rings. The van der Waals surface area contributed by atoms with Crippen molar-refractivity contribution in [3.63, 3.8) is 0 Å². The second-order valence-electron chi connectivity index (χ2n) is 5.98. The van der Waals surface area contributed by atoms with Gasteiger partial charge < -0.3 is 5.32 Å². The van der Waals surface area contributed by atoms with Crippen LogP contribution in [0.3, 0.4) is 0 Å². The topological polar surface area (TPSA) is 58.2 Å². The van der Waals surface area contributed by atoms with Crippen molar-refractivity contribution in [2.24, 2.45) is 5.41 Å². The molecule has 0 atom stereocenters. The van der Waals surface area contributed by atoms with Crippen LogP contribution in [0.4, 0.5) is 5.69 Å². The lowest BCUT2D eigenvalue weighted by Crippen LogP contribution is -2.31. The molecule has 0 amide bonds. The van der Waals surface area contributed by atoms with Gasteiger partial charge in [-0.15, -0.1) is 0 Å². The molecule has 2 N–H and O–H groups in total. The van der Waals surface area contributed by atoms with Gasteiger partial charge >= 0.3 is 0 Å². The number of rotatable bonds is 7. The number of anilines is 1. The second-order valence-corrected chi connectivity index (χ2v) is 7.66. The molecule has 0 unspecified atom stereocenters. The third kappa shape index (κ3) is 3.52. The van der Waals surface area contributed by atoms with Crippen molar-refractivity contribution < 1.29 is 8.42 Å². The quantitative estimate of drug-likeness (QED) is 0.813. The van der Waals surface area contributed by atoms with E-state index in [1.807, 2.05) is 26.0 Å². The molecule has 1 aromatic carbocycles. The summed E-state index contributed by atoms with van der Waals surface area (Å²) >= 11 is 0. The lowest BCUT2D eigenvalue weighted by molar-refractivity contribution is 0.520. The molecule has 1 fully saturated rings. The minimum atomic E-state index is -3.46. The van der Waals surface area contributed by atoms with E-state index in [0.29, 0.717) is 16.0 Å². The van der Waals surface area contributed by atoms with Crippen molar-refractivity contribution in [2.45, 2.75) is 51.0 Å². The van der Waals surface area contributed by atoms with Crippen LogP contribution >= 0.6 is 0 Å². The lowest BCUT2D eigenvalue weighted by Gasteiger charge is -2.18. The van der Waals surface area contributed by atoms with E-state index < -0.39 is 10.0 Å². The Morgan fingerprint density at radius 1 is 1.25 bits per heavy atom. The first kappa shape index (κ1) is 15.3. The van der Waals surface area contributed by atoms with Gasteiger partial charge in [0.25, 0.3) is 0 Å². The lowest BCUT2D eigenvalue weighted by atomic mass is 10.0. The van der Waals surface area contributed by atoms with Gasteiger partial charge in [-0.25, -0.2) is 13.1 Å². The standard InChI is InChI=1S/C15H24N2O2S/c1-4-15(9-10-15)11-16-13-7-5-6-8-14(13)20(18,19)17-12(2)3/h5-8,12,16-17H,4,9-11H2,1-3H3. The summed E-state index contributed by atoms with van der Waals surface area (Å²) in [5, 5.41) is 3.33. The minimum Gasteiger partial charge on any atom is -0.383 e. The van der Waals surface area contributed by atoms with E-state index in [0.717, 1.165) is 13.0 Å². The zero-order valence-electron chi connectivity index (χ0n) is 12.4. The fourth-order valence-electron chi connectivity index (χ4n) is 2.34. The highest BCUT2D eigenvalue weighted by Gasteiger charge is 2.40. The summed E-state index contributed by atoms with van der Waals surface area (Å²) in [6.07, 6.45) is 3.60. The summed E-state index contributed by atoms with van der Waals surface area (Å²) < 4.78 is 27.3. The molecule has 1 aliphatic carbocycles. The summed E-state index contributed by atoms with van der Waals surface area (Å²) in [4.78, 5) is 0.334. The van der Waals surface area contributed by atoms with Crippen molar-refractivity contribution in [2.75, 3.05) is 11.9 Å². The molecule has 0 spiro atoms. The Balaban J connectivity index is 2.18. The highest BCUT2D eigenvalue weighted by molar-refractivity contribution is 7.89. The Bertz CT molecular complexity index is 563. The number of benzene rings is 1. The zero-order valence-corrected chi connectivity index (χ0v) is 13.3. The SMILES string of the molecule is CCC1(CNc2ccccc2S(=O)(=O)NC(C)C)CC1. The molecule has 20 heavy (non-hydrogen) atoms. The van der Waals surface area contributed by atoms with E-state index in [1.54, 1.807) is 12.1 Å². The average molecular weight is 296 g/mol. The van der Waals surface area contributed by atoms with Crippen molar-refractivity contribution >= 4 is 15.7 Å². The first-order valence-corrected chi connectivity index (χ1v) is 8.72. The minimum absolute atomic E-state index is 0.113. The van der Waals surface area contributed by atoms with E-state index >= 15 is 0 Å². The van der Waals surface area contributed by atoms with Gasteiger partial charge in [0.2, 0.25) is 10.0 Å². The molecule has 0 heterocycles. The van der Waals surface area contributed by atoms with E-state index in [-0.39, 0.29) is 6.04 Å². The average Bonchev–Trinajstić information content (AvgIpc) is 3.16. The van der Waals surface area contributed by atoms with Crippen molar-refractivity contribution in [1.29, 1.82) is 0 Å². The molecule has 1 saturated carbocycles. The molecule has 4 nitrogen and oxygen atoms in total. The third-order valence-corrected chi connectivity index (χ3v) is 5.65. The van der Waals surface area contributed by atoms with Gasteiger partial charge in [-0.2, -0.15) is 0 Å². The van der Waals surface area contributed by atoms with Gasteiger partial charge in [-0.1, -0.05) is 19.1 Å². The molecular formula is C15H24N2O2S. The van der Waals surface area contributed by atoms with Crippen molar-refractivity contribution in [3.05, 3.63) is 24.3 Å². The Morgan fingerprint density at radius 2 is 1.90 bits per heavy atom. The van der Waals surface area contributed by atoms with E-state index in [4.69, 9.17) is 0 Å². The highest BCUT2D eigenvalue weighted by atomic mass is 32.2. The first-order chi connectivity index (χ1) is 9.38. The first-order valence-electron chi connectivity index (χ1n) is 7.24. The van der Waals surface area contributed by atoms with Gasteiger partial charge in [-0.05, 0) is 50.7 Å². The maximum atomic E-state index is 12.3. The Morgan fingerprint density at radius 3 is 2.45 bits per heavy atom. The van der Waals surface area contributed by atoms with E-state index in [2.05, 4.69) is 17.0 Å². The van der Waals surface area contributed by atoms with Gasteiger partial charge in [0.1, 0.15) is 4.90 Å². The van der Waals surface area contributed by atoms with Crippen LogP contribution in [0, 0.1) is 5.41 Å². The van der Waals surface area contributed by atoms with Gasteiger partial charge in [0.15, 0.2) is 0 Å². The molecule has 0 aliphatic heterocycles. The predicted octanol–water partition coefficient (Wildman–Crippen LogP) is 2.98. The maximum absolute atomic E-state index is 12.3. The summed E-state index contributed by atoms with van der Waals surface area (Å²) in [5.74, 6) is 0. The normalized spacial score (nSPS) is 17.2. The molecule has 0 saturated heterocycles. The largest absolute Gasteiger partial charge is 0.383 e. The number of sulfonamides is 1. The van der Waals surface area contributed by atoms with Crippen LogP contribution in [-0.4, -0.2) is 21.0 Å². The monoisotopic (exact) mass is 296 g/mol. The van der Waals surface area contributed by atoms with Crippen molar-refractivity contribution in [3.8, 4) is 0 Å². The summed E-state index contributed by atoms with van der Waals surface area (Å²) in [7, 11) is -3.46. The smallest absolute Gasteiger partial charge is 0.242 e. The van der Waals surface area contributed by atoms with Crippen LogP contribution in [0.1, 0.15) is 40.0 Å². The van der Waals surface area contributed by atoms with Gasteiger partial charge in [-0.3, -0.25) is 0 Å². The van der Waals surface area contributed by atoms with Crippen LogP contribution in [0.2, 0.25) is 0 Å². The molecule has 0 bridgehead atoms.